The molecule has 0 saturated carbocycles. The van der Waals surface area contributed by atoms with Gasteiger partial charge in [0.25, 0.3) is 5.91 Å². The summed E-state index contributed by atoms with van der Waals surface area (Å²) < 4.78 is 5.34. The highest BCUT2D eigenvalue weighted by atomic mass is 16.5. The molecule has 0 fully saturated rings. The molecule has 2 heterocycles. The van der Waals surface area contributed by atoms with E-state index < -0.39 is 0 Å². The van der Waals surface area contributed by atoms with Crippen LogP contribution in [0.4, 0.5) is 0 Å². The topological polar surface area (TPSA) is 88.0 Å². The average molecular weight is 329 g/mol. The quantitative estimate of drug-likeness (QED) is 0.905. The van der Waals surface area contributed by atoms with Crippen molar-refractivity contribution in [2.24, 2.45) is 5.41 Å². The van der Waals surface area contributed by atoms with Crippen LogP contribution in [0.25, 0.3) is 0 Å². The maximum Gasteiger partial charge on any atom is 0.274 e. The zero-order chi connectivity index (χ0) is 17.5. The normalized spacial score (nSPS) is 15.8. The van der Waals surface area contributed by atoms with Crippen LogP contribution in [0.3, 0.4) is 0 Å². The summed E-state index contributed by atoms with van der Waals surface area (Å²) in [4.78, 5) is 27.5. The number of nitrogens with zero attached hydrogens (tertiary/aromatic N) is 1. The van der Waals surface area contributed by atoms with Gasteiger partial charge in [-0.25, -0.2) is 0 Å². The summed E-state index contributed by atoms with van der Waals surface area (Å²) in [7, 11) is 0. The number of hydrogen-bond donors (Lipinski definition) is 2. The molecule has 24 heavy (non-hydrogen) atoms. The number of rotatable bonds is 3. The summed E-state index contributed by atoms with van der Waals surface area (Å²) in [5, 5.41) is 6.81. The molecule has 2 aromatic heterocycles. The van der Waals surface area contributed by atoms with Crippen LogP contribution in [-0.4, -0.2) is 16.0 Å². The van der Waals surface area contributed by atoms with Crippen LogP contribution in [0.2, 0.25) is 0 Å². The molecule has 0 atom stereocenters. The minimum Gasteiger partial charge on any atom is -0.363 e. The highest BCUT2D eigenvalue weighted by molar-refractivity contribution is 5.93. The lowest BCUT2D eigenvalue weighted by Gasteiger charge is -2.28. The molecule has 0 radical (unpaired) electrons. The molecule has 128 valence electrons. The Morgan fingerprint density at radius 2 is 2.17 bits per heavy atom. The second-order valence-corrected chi connectivity index (χ2v) is 7.36. The van der Waals surface area contributed by atoms with E-state index in [4.69, 9.17) is 4.52 Å². The van der Waals surface area contributed by atoms with Crippen LogP contribution in [0.15, 0.2) is 15.5 Å². The van der Waals surface area contributed by atoms with E-state index in [0.717, 1.165) is 30.6 Å². The van der Waals surface area contributed by atoms with E-state index in [-0.39, 0.29) is 23.3 Å². The SMILES string of the molecule is Cc1c[nH]c(CNC(=O)c2noc3c2CC(C)(C)CC3)c(C)c1=O. The number of aryl methyl sites for hydroxylation is 2. The molecule has 0 bridgehead atoms. The van der Waals surface area contributed by atoms with Gasteiger partial charge in [-0.15, -0.1) is 0 Å². The van der Waals surface area contributed by atoms with E-state index in [2.05, 4.69) is 29.3 Å². The molecule has 2 aromatic rings. The summed E-state index contributed by atoms with van der Waals surface area (Å²) in [6.07, 6.45) is 4.29. The van der Waals surface area contributed by atoms with E-state index in [1.54, 1.807) is 20.0 Å². The van der Waals surface area contributed by atoms with Gasteiger partial charge in [0.1, 0.15) is 5.76 Å². The first-order chi connectivity index (χ1) is 11.3. The minimum absolute atomic E-state index is 0.00133. The third-order valence-electron chi connectivity index (χ3n) is 4.81. The molecule has 0 aromatic carbocycles. The molecule has 1 aliphatic rings. The molecule has 1 aliphatic carbocycles. The molecule has 0 spiro atoms. The van der Waals surface area contributed by atoms with E-state index >= 15 is 0 Å². The molecule has 0 unspecified atom stereocenters. The Balaban J connectivity index is 1.77. The van der Waals surface area contributed by atoms with E-state index in [1.165, 1.54) is 0 Å². The van der Waals surface area contributed by atoms with Gasteiger partial charge in [0.2, 0.25) is 0 Å². The van der Waals surface area contributed by atoms with Crippen LogP contribution < -0.4 is 10.7 Å². The summed E-state index contributed by atoms with van der Waals surface area (Å²) in [6, 6.07) is 0. The standard InChI is InChI=1S/C18H23N3O3/c1-10-8-19-13(11(2)16(10)22)9-20-17(23)15-12-7-18(3,4)6-5-14(12)24-21-15/h8H,5-7,9H2,1-4H3,(H,19,22)(H,20,23). The molecular weight excluding hydrogens is 306 g/mol. The zero-order valence-electron chi connectivity index (χ0n) is 14.6. The van der Waals surface area contributed by atoms with Crippen LogP contribution in [0.1, 0.15) is 58.9 Å². The van der Waals surface area contributed by atoms with Gasteiger partial charge in [-0.2, -0.15) is 0 Å². The number of pyridine rings is 1. The second kappa shape index (κ2) is 5.92. The number of hydrogen-bond acceptors (Lipinski definition) is 4. The Morgan fingerprint density at radius 3 is 2.92 bits per heavy atom. The summed E-state index contributed by atoms with van der Waals surface area (Å²) in [5.41, 5.74) is 3.42. The maximum absolute atomic E-state index is 12.5. The fourth-order valence-corrected chi connectivity index (χ4v) is 3.16. The van der Waals surface area contributed by atoms with Crippen molar-refractivity contribution in [3.63, 3.8) is 0 Å². The first-order valence-corrected chi connectivity index (χ1v) is 8.22. The Kier molecular flexibility index (Phi) is 4.07. The van der Waals surface area contributed by atoms with Gasteiger partial charge in [0, 0.05) is 35.0 Å². The third kappa shape index (κ3) is 3.00. The number of fused-ring (bicyclic) bond motifs is 1. The Hall–Kier alpha value is -2.37. The van der Waals surface area contributed by atoms with E-state index in [9.17, 15) is 9.59 Å². The zero-order valence-corrected chi connectivity index (χ0v) is 14.6. The van der Waals surface area contributed by atoms with Crippen molar-refractivity contribution in [3.8, 4) is 0 Å². The molecule has 6 nitrogen and oxygen atoms in total. The molecule has 0 aliphatic heterocycles. The molecular formula is C18H23N3O3. The first kappa shape index (κ1) is 16.5. The highest BCUT2D eigenvalue weighted by Gasteiger charge is 2.32. The van der Waals surface area contributed by atoms with Gasteiger partial charge in [-0.05, 0) is 32.1 Å². The number of amides is 1. The number of aromatic amines is 1. The Morgan fingerprint density at radius 1 is 1.42 bits per heavy atom. The van der Waals surface area contributed by atoms with Gasteiger partial charge in [-0.3, -0.25) is 9.59 Å². The van der Waals surface area contributed by atoms with Crippen LogP contribution in [-0.2, 0) is 19.4 Å². The van der Waals surface area contributed by atoms with Gasteiger partial charge < -0.3 is 14.8 Å². The Labute approximate surface area is 140 Å². The number of aromatic nitrogens is 2. The minimum atomic E-state index is -0.265. The van der Waals surface area contributed by atoms with Crippen LogP contribution >= 0.6 is 0 Å². The molecule has 6 heteroatoms. The van der Waals surface area contributed by atoms with Gasteiger partial charge in [-0.1, -0.05) is 19.0 Å². The maximum atomic E-state index is 12.5. The van der Waals surface area contributed by atoms with Gasteiger partial charge >= 0.3 is 0 Å². The van der Waals surface area contributed by atoms with Crippen molar-refractivity contribution in [1.29, 1.82) is 0 Å². The fraction of sp³-hybridized carbons (Fsp3) is 0.500. The van der Waals surface area contributed by atoms with E-state index in [0.29, 0.717) is 22.5 Å². The van der Waals surface area contributed by atoms with Crippen molar-refractivity contribution in [1.82, 2.24) is 15.5 Å². The monoisotopic (exact) mass is 329 g/mol. The fourth-order valence-electron chi connectivity index (χ4n) is 3.16. The lowest BCUT2D eigenvalue weighted by atomic mass is 9.76. The largest absolute Gasteiger partial charge is 0.363 e. The summed E-state index contributed by atoms with van der Waals surface area (Å²) >= 11 is 0. The Bertz CT molecular complexity index is 846. The predicted octanol–water partition coefficient (Wildman–Crippen LogP) is 2.42. The van der Waals surface area contributed by atoms with Crippen LogP contribution in [0.5, 0.6) is 0 Å². The lowest BCUT2D eigenvalue weighted by Crippen LogP contribution is -2.28. The lowest BCUT2D eigenvalue weighted by molar-refractivity contribution is 0.0940. The first-order valence-electron chi connectivity index (χ1n) is 8.22. The summed E-state index contributed by atoms with van der Waals surface area (Å²) in [6.45, 7) is 8.15. The highest BCUT2D eigenvalue weighted by Crippen LogP contribution is 2.36. The van der Waals surface area contributed by atoms with Crippen molar-refractivity contribution in [2.45, 2.75) is 53.5 Å². The molecule has 0 saturated heterocycles. The molecule has 2 N–H and O–H groups in total. The van der Waals surface area contributed by atoms with Crippen molar-refractivity contribution in [2.75, 3.05) is 0 Å². The van der Waals surface area contributed by atoms with Gasteiger partial charge in [0.15, 0.2) is 11.1 Å². The summed E-state index contributed by atoms with van der Waals surface area (Å²) in [5.74, 6) is 0.554. The second-order valence-electron chi connectivity index (χ2n) is 7.36. The van der Waals surface area contributed by atoms with Gasteiger partial charge in [0.05, 0.1) is 6.54 Å². The number of carbonyl (C=O) groups excluding carboxylic acids is 1. The molecule has 3 rings (SSSR count). The predicted molar refractivity (Wildman–Crippen MR) is 90.0 cm³/mol. The number of nitrogens with one attached hydrogen (secondary N) is 2. The van der Waals surface area contributed by atoms with Crippen molar-refractivity contribution < 1.29 is 9.32 Å². The van der Waals surface area contributed by atoms with Crippen molar-refractivity contribution >= 4 is 5.91 Å². The number of H-pyrrole nitrogens is 1. The van der Waals surface area contributed by atoms with E-state index in [1.807, 2.05) is 0 Å². The van der Waals surface area contributed by atoms with Crippen LogP contribution in [0, 0.1) is 19.3 Å². The number of carbonyl (C=O) groups is 1. The third-order valence-corrected chi connectivity index (χ3v) is 4.81. The average Bonchev–Trinajstić information content (AvgIpc) is 2.93. The molecule has 1 amide bonds. The van der Waals surface area contributed by atoms with Crippen molar-refractivity contribution in [3.05, 3.63) is 50.3 Å². The smallest absolute Gasteiger partial charge is 0.274 e.